The second-order valence-corrected chi connectivity index (χ2v) is 5.58. The van der Waals surface area contributed by atoms with Gasteiger partial charge in [-0.1, -0.05) is 35.3 Å². The van der Waals surface area contributed by atoms with E-state index >= 15 is 0 Å². The van der Waals surface area contributed by atoms with Gasteiger partial charge in [0.05, 0.1) is 18.6 Å². The molecule has 0 aliphatic heterocycles. The zero-order valence-electron chi connectivity index (χ0n) is 12.3. The van der Waals surface area contributed by atoms with Crippen molar-refractivity contribution in [3.8, 4) is 5.75 Å². The molecule has 0 saturated heterocycles. The largest absolute Gasteiger partial charge is 0.497 e. The van der Waals surface area contributed by atoms with E-state index in [1.165, 1.54) is 12.1 Å². The summed E-state index contributed by atoms with van der Waals surface area (Å²) >= 11 is 11.7. The standard InChI is InChI=1S/C17H14Cl2O4/c1-22-13-5-2-11(3-6-13)8-17(21)23-10-16(20)14-7-4-12(18)9-15(14)19/h2-7,9H,8,10H2,1H3. The maximum atomic E-state index is 12.0. The summed E-state index contributed by atoms with van der Waals surface area (Å²) < 4.78 is 10.0. The van der Waals surface area contributed by atoms with Crippen LogP contribution in [-0.2, 0) is 16.0 Å². The van der Waals surface area contributed by atoms with Gasteiger partial charge in [0.2, 0.25) is 5.78 Å². The quantitative estimate of drug-likeness (QED) is 0.583. The van der Waals surface area contributed by atoms with Crippen LogP contribution in [0.15, 0.2) is 42.5 Å². The fourth-order valence-corrected chi connectivity index (χ4v) is 2.41. The Balaban J connectivity index is 1.89. The van der Waals surface area contributed by atoms with Gasteiger partial charge in [0.15, 0.2) is 6.61 Å². The van der Waals surface area contributed by atoms with Crippen molar-refractivity contribution in [2.45, 2.75) is 6.42 Å². The number of Topliss-reactive ketones (excluding diaryl/α,β-unsaturated/α-hetero) is 1. The van der Waals surface area contributed by atoms with E-state index in [4.69, 9.17) is 32.7 Å². The molecule has 0 saturated carbocycles. The summed E-state index contributed by atoms with van der Waals surface area (Å²) in [5.74, 6) is -0.168. The molecular formula is C17H14Cl2O4. The lowest BCUT2D eigenvalue weighted by Crippen LogP contribution is -2.16. The van der Waals surface area contributed by atoms with Crippen LogP contribution in [0, 0.1) is 0 Å². The van der Waals surface area contributed by atoms with Crippen LogP contribution in [0.3, 0.4) is 0 Å². The number of ketones is 1. The molecule has 0 aromatic heterocycles. The minimum atomic E-state index is -0.492. The van der Waals surface area contributed by atoms with Gasteiger partial charge in [-0.3, -0.25) is 9.59 Å². The fourth-order valence-electron chi connectivity index (χ4n) is 1.90. The molecule has 0 unspecified atom stereocenters. The molecule has 0 spiro atoms. The van der Waals surface area contributed by atoms with E-state index in [1.54, 1.807) is 37.4 Å². The number of benzene rings is 2. The van der Waals surface area contributed by atoms with Crippen molar-refractivity contribution >= 4 is 35.0 Å². The Hall–Kier alpha value is -2.04. The lowest BCUT2D eigenvalue weighted by atomic mass is 10.1. The van der Waals surface area contributed by atoms with Gasteiger partial charge in [0.25, 0.3) is 0 Å². The number of carbonyl (C=O) groups is 2. The first-order valence-electron chi connectivity index (χ1n) is 6.76. The molecule has 2 aromatic rings. The van der Waals surface area contributed by atoms with E-state index in [-0.39, 0.29) is 29.4 Å². The minimum absolute atomic E-state index is 0.0750. The summed E-state index contributed by atoms with van der Waals surface area (Å²) in [6, 6.07) is 11.6. The third kappa shape index (κ3) is 4.98. The number of halogens is 2. The Kier molecular flexibility index (Phi) is 6.02. The molecule has 2 rings (SSSR count). The fraction of sp³-hybridized carbons (Fsp3) is 0.176. The summed E-state index contributed by atoms with van der Waals surface area (Å²) in [4.78, 5) is 23.8. The highest BCUT2D eigenvalue weighted by Gasteiger charge is 2.14. The van der Waals surface area contributed by atoms with Gasteiger partial charge in [-0.25, -0.2) is 0 Å². The van der Waals surface area contributed by atoms with Crippen LogP contribution in [0.25, 0.3) is 0 Å². The monoisotopic (exact) mass is 352 g/mol. The van der Waals surface area contributed by atoms with Gasteiger partial charge in [0.1, 0.15) is 5.75 Å². The van der Waals surface area contributed by atoms with Crippen molar-refractivity contribution in [3.63, 3.8) is 0 Å². The summed E-state index contributed by atoms with van der Waals surface area (Å²) in [6.07, 6.45) is 0.0750. The van der Waals surface area contributed by atoms with E-state index in [2.05, 4.69) is 0 Å². The van der Waals surface area contributed by atoms with Crippen molar-refractivity contribution in [2.75, 3.05) is 13.7 Å². The predicted molar refractivity (Wildman–Crippen MR) is 88.4 cm³/mol. The number of hydrogen-bond acceptors (Lipinski definition) is 4. The van der Waals surface area contributed by atoms with Crippen LogP contribution in [0.4, 0.5) is 0 Å². The van der Waals surface area contributed by atoms with E-state index in [9.17, 15) is 9.59 Å². The van der Waals surface area contributed by atoms with Crippen molar-refractivity contribution in [2.24, 2.45) is 0 Å². The van der Waals surface area contributed by atoms with E-state index in [0.717, 1.165) is 5.56 Å². The molecule has 0 heterocycles. The topological polar surface area (TPSA) is 52.6 Å². The molecule has 0 bridgehead atoms. The lowest BCUT2D eigenvalue weighted by Gasteiger charge is -2.07. The molecule has 0 aliphatic rings. The minimum Gasteiger partial charge on any atom is -0.497 e. The molecule has 120 valence electrons. The van der Waals surface area contributed by atoms with Crippen LogP contribution in [0.1, 0.15) is 15.9 Å². The summed E-state index contributed by atoms with van der Waals surface area (Å²) in [6.45, 7) is -0.365. The Morgan fingerprint density at radius 2 is 1.74 bits per heavy atom. The average Bonchev–Trinajstić information content (AvgIpc) is 2.53. The van der Waals surface area contributed by atoms with Gasteiger partial charge in [0, 0.05) is 10.6 Å². The van der Waals surface area contributed by atoms with E-state index in [0.29, 0.717) is 10.8 Å². The Morgan fingerprint density at radius 3 is 2.35 bits per heavy atom. The third-order valence-electron chi connectivity index (χ3n) is 3.10. The highest BCUT2D eigenvalue weighted by Crippen LogP contribution is 2.21. The van der Waals surface area contributed by atoms with Crippen LogP contribution in [0.2, 0.25) is 10.0 Å². The molecule has 0 aliphatic carbocycles. The zero-order chi connectivity index (χ0) is 16.8. The van der Waals surface area contributed by atoms with Crippen LogP contribution >= 0.6 is 23.2 Å². The Morgan fingerprint density at radius 1 is 1.04 bits per heavy atom. The van der Waals surface area contributed by atoms with E-state index in [1.807, 2.05) is 0 Å². The number of hydrogen-bond donors (Lipinski definition) is 0. The number of esters is 1. The molecule has 6 heteroatoms. The Labute approximate surface area is 143 Å². The molecular weight excluding hydrogens is 339 g/mol. The molecule has 0 radical (unpaired) electrons. The second kappa shape index (κ2) is 7.99. The normalized spacial score (nSPS) is 10.2. The smallest absolute Gasteiger partial charge is 0.310 e. The highest BCUT2D eigenvalue weighted by molar-refractivity contribution is 6.36. The molecule has 2 aromatic carbocycles. The van der Waals surface area contributed by atoms with Crippen LogP contribution < -0.4 is 4.74 Å². The van der Waals surface area contributed by atoms with Crippen molar-refractivity contribution in [3.05, 3.63) is 63.6 Å². The summed E-state index contributed by atoms with van der Waals surface area (Å²) in [5.41, 5.74) is 1.04. The number of carbonyl (C=O) groups excluding carboxylic acids is 2. The third-order valence-corrected chi connectivity index (χ3v) is 3.65. The molecule has 0 N–H and O–H groups in total. The predicted octanol–water partition coefficient (Wildman–Crippen LogP) is 3.97. The molecule has 4 nitrogen and oxygen atoms in total. The first-order chi connectivity index (χ1) is 11.0. The number of rotatable bonds is 6. The van der Waals surface area contributed by atoms with Crippen molar-refractivity contribution in [1.82, 2.24) is 0 Å². The first kappa shape index (κ1) is 17.3. The average molecular weight is 353 g/mol. The lowest BCUT2D eigenvalue weighted by molar-refractivity contribution is -0.141. The highest BCUT2D eigenvalue weighted by atomic mass is 35.5. The first-order valence-corrected chi connectivity index (χ1v) is 7.52. The van der Waals surface area contributed by atoms with Crippen LogP contribution in [-0.4, -0.2) is 25.5 Å². The second-order valence-electron chi connectivity index (χ2n) is 4.73. The van der Waals surface area contributed by atoms with Gasteiger partial charge in [-0.05, 0) is 35.9 Å². The summed E-state index contributed by atoms with van der Waals surface area (Å²) in [7, 11) is 1.57. The van der Waals surface area contributed by atoms with Gasteiger partial charge in [-0.15, -0.1) is 0 Å². The zero-order valence-corrected chi connectivity index (χ0v) is 13.9. The maximum absolute atomic E-state index is 12.0. The molecule has 0 atom stereocenters. The van der Waals surface area contributed by atoms with Crippen molar-refractivity contribution < 1.29 is 19.1 Å². The van der Waals surface area contributed by atoms with Gasteiger partial charge < -0.3 is 9.47 Å². The van der Waals surface area contributed by atoms with Crippen LogP contribution in [0.5, 0.6) is 5.75 Å². The molecule has 0 amide bonds. The maximum Gasteiger partial charge on any atom is 0.310 e. The number of ether oxygens (including phenoxy) is 2. The SMILES string of the molecule is COc1ccc(CC(=O)OCC(=O)c2ccc(Cl)cc2Cl)cc1. The van der Waals surface area contributed by atoms with Gasteiger partial charge >= 0.3 is 5.97 Å². The Bertz CT molecular complexity index is 711. The number of methoxy groups -OCH3 is 1. The molecule has 0 fully saturated rings. The molecule has 23 heavy (non-hydrogen) atoms. The van der Waals surface area contributed by atoms with Crippen molar-refractivity contribution in [1.29, 1.82) is 0 Å². The van der Waals surface area contributed by atoms with E-state index < -0.39 is 5.97 Å². The van der Waals surface area contributed by atoms with Gasteiger partial charge in [-0.2, -0.15) is 0 Å². The summed E-state index contributed by atoms with van der Waals surface area (Å²) in [5, 5.41) is 0.664.